The first-order valence-electron chi connectivity index (χ1n) is 7.65. The van der Waals surface area contributed by atoms with Crippen LogP contribution in [0.5, 0.6) is 0 Å². The van der Waals surface area contributed by atoms with Gasteiger partial charge in [0.15, 0.2) is 0 Å². The molecule has 2 N–H and O–H groups in total. The monoisotopic (exact) mass is 336 g/mol. The summed E-state index contributed by atoms with van der Waals surface area (Å²) in [4.78, 5) is 44.2. The van der Waals surface area contributed by atoms with Crippen molar-refractivity contribution in [1.29, 1.82) is 0 Å². The summed E-state index contributed by atoms with van der Waals surface area (Å²) in [6.45, 7) is 7.20. The van der Waals surface area contributed by atoms with Gasteiger partial charge in [0.2, 0.25) is 5.91 Å². The molecule has 0 spiro atoms. The second-order valence-corrected chi connectivity index (χ2v) is 6.36. The first kappa shape index (κ1) is 19.5. The van der Waals surface area contributed by atoms with Crippen LogP contribution in [0.15, 0.2) is 18.6 Å². The lowest BCUT2D eigenvalue weighted by atomic mass is 9.86. The van der Waals surface area contributed by atoms with Crippen molar-refractivity contribution in [2.24, 2.45) is 5.41 Å². The summed E-state index contributed by atoms with van der Waals surface area (Å²) in [7, 11) is 1.26. The maximum absolute atomic E-state index is 12.4. The van der Waals surface area contributed by atoms with Crippen LogP contribution in [0.3, 0.4) is 0 Å². The van der Waals surface area contributed by atoms with Gasteiger partial charge in [0, 0.05) is 12.4 Å². The number of rotatable bonds is 6. The van der Waals surface area contributed by atoms with Gasteiger partial charge in [-0.2, -0.15) is 0 Å². The van der Waals surface area contributed by atoms with E-state index in [0.717, 1.165) is 0 Å². The van der Waals surface area contributed by atoms with Crippen LogP contribution >= 0.6 is 0 Å². The van der Waals surface area contributed by atoms with Crippen molar-refractivity contribution in [3.05, 3.63) is 24.3 Å². The zero-order valence-corrected chi connectivity index (χ0v) is 14.6. The van der Waals surface area contributed by atoms with Gasteiger partial charge in [-0.15, -0.1) is 0 Å². The molecule has 0 radical (unpaired) electrons. The summed E-state index contributed by atoms with van der Waals surface area (Å²) < 4.78 is 4.74. The SMILES string of the molecule is CC[C@H](NC(=O)c1cnccn1)C(=O)N[C@H](C(=O)OC)C(C)(C)C. The van der Waals surface area contributed by atoms with E-state index in [1.165, 1.54) is 25.7 Å². The first-order valence-corrected chi connectivity index (χ1v) is 7.65. The van der Waals surface area contributed by atoms with Gasteiger partial charge in [0.1, 0.15) is 17.8 Å². The minimum atomic E-state index is -0.822. The summed E-state index contributed by atoms with van der Waals surface area (Å²) >= 11 is 0. The Hall–Kier alpha value is -2.51. The Labute approximate surface area is 141 Å². The van der Waals surface area contributed by atoms with E-state index in [1.807, 2.05) is 20.8 Å². The topological polar surface area (TPSA) is 110 Å². The van der Waals surface area contributed by atoms with E-state index in [9.17, 15) is 14.4 Å². The van der Waals surface area contributed by atoms with Gasteiger partial charge < -0.3 is 15.4 Å². The molecule has 1 aromatic rings. The number of hydrogen-bond donors (Lipinski definition) is 2. The fourth-order valence-corrected chi connectivity index (χ4v) is 1.99. The third-order valence-electron chi connectivity index (χ3n) is 3.42. The van der Waals surface area contributed by atoms with E-state index in [1.54, 1.807) is 6.92 Å². The van der Waals surface area contributed by atoms with Crippen molar-refractivity contribution in [2.45, 2.75) is 46.2 Å². The molecule has 24 heavy (non-hydrogen) atoms. The van der Waals surface area contributed by atoms with Gasteiger partial charge in [-0.25, -0.2) is 9.78 Å². The highest BCUT2D eigenvalue weighted by Gasteiger charge is 2.35. The van der Waals surface area contributed by atoms with Crippen LogP contribution in [0.2, 0.25) is 0 Å². The molecule has 0 aliphatic heterocycles. The molecule has 2 amide bonds. The predicted octanol–water partition coefficient (Wildman–Crippen LogP) is 0.689. The minimum absolute atomic E-state index is 0.115. The Bertz CT molecular complexity index is 583. The summed E-state index contributed by atoms with van der Waals surface area (Å²) in [6, 6.07) is -1.62. The molecule has 0 aliphatic carbocycles. The molecular weight excluding hydrogens is 312 g/mol. The van der Waals surface area contributed by atoms with Crippen LogP contribution < -0.4 is 10.6 Å². The second-order valence-electron chi connectivity index (χ2n) is 6.36. The van der Waals surface area contributed by atoms with Crippen molar-refractivity contribution in [3.8, 4) is 0 Å². The van der Waals surface area contributed by atoms with Crippen LogP contribution in [-0.4, -0.2) is 46.9 Å². The van der Waals surface area contributed by atoms with Crippen molar-refractivity contribution >= 4 is 17.8 Å². The zero-order chi connectivity index (χ0) is 18.3. The molecule has 0 aliphatic rings. The van der Waals surface area contributed by atoms with Crippen LogP contribution in [0.4, 0.5) is 0 Å². The van der Waals surface area contributed by atoms with Gasteiger partial charge in [-0.3, -0.25) is 14.6 Å². The molecule has 8 nitrogen and oxygen atoms in total. The molecule has 1 rings (SSSR count). The van der Waals surface area contributed by atoms with Crippen LogP contribution in [0.1, 0.15) is 44.6 Å². The first-order chi connectivity index (χ1) is 11.2. The molecule has 0 bridgehead atoms. The fraction of sp³-hybridized carbons (Fsp3) is 0.562. The Morgan fingerprint density at radius 3 is 2.33 bits per heavy atom. The summed E-state index contributed by atoms with van der Waals surface area (Å²) in [5.41, 5.74) is -0.417. The van der Waals surface area contributed by atoms with Crippen molar-refractivity contribution in [2.75, 3.05) is 7.11 Å². The van der Waals surface area contributed by atoms with Crippen molar-refractivity contribution in [3.63, 3.8) is 0 Å². The third kappa shape index (κ3) is 5.29. The quantitative estimate of drug-likeness (QED) is 0.740. The lowest BCUT2D eigenvalue weighted by Gasteiger charge is -2.30. The van der Waals surface area contributed by atoms with E-state index >= 15 is 0 Å². The highest BCUT2D eigenvalue weighted by atomic mass is 16.5. The molecule has 0 saturated carbocycles. The third-order valence-corrected chi connectivity index (χ3v) is 3.42. The number of carbonyl (C=O) groups is 3. The van der Waals surface area contributed by atoms with Gasteiger partial charge in [-0.05, 0) is 11.8 Å². The number of aromatic nitrogens is 2. The fourth-order valence-electron chi connectivity index (χ4n) is 1.99. The van der Waals surface area contributed by atoms with Crippen molar-refractivity contribution in [1.82, 2.24) is 20.6 Å². The van der Waals surface area contributed by atoms with E-state index in [-0.39, 0.29) is 5.69 Å². The molecule has 1 heterocycles. The van der Waals surface area contributed by atoms with Crippen LogP contribution in [0, 0.1) is 5.41 Å². The summed E-state index contributed by atoms with van der Waals surface area (Å²) in [6.07, 6.45) is 4.51. The predicted molar refractivity (Wildman–Crippen MR) is 87.0 cm³/mol. The second kappa shape index (κ2) is 8.37. The number of nitrogens with one attached hydrogen (secondary N) is 2. The maximum atomic E-state index is 12.4. The normalized spacial score (nSPS) is 13.5. The summed E-state index contributed by atoms with van der Waals surface area (Å²) in [5.74, 6) is -1.50. The number of methoxy groups -OCH3 is 1. The largest absolute Gasteiger partial charge is 0.467 e. The van der Waals surface area contributed by atoms with E-state index < -0.39 is 35.3 Å². The van der Waals surface area contributed by atoms with E-state index in [2.05, 4.69) is 20.6 Å². The molecule has 8 heteroatoms. The molecule has 0 aromatic carbocycles. The number of nitrogens with zero attached hydrogens (tertiary/aromatic N) is 2. The highest BCUT2D eigenvalue weighted by Crippen LogP contribution is 2.20. The number of esters is 1. The van der Waals surface area contributed by atoms with E-state index in [4.69, 9.17) is 4.74 Å². The smallest absolute Gasteiger partial charge is 0.328 e. The molecule has 0 unspecified atom stereocenters. The summed E-state index contributed by atoms with van der Waals surface area (Å²) in [5, 5.41) is 5.24. The average molecular weight is 336 g/mol. The molecule has 132 valence electrons. The maximum Gasteiger partial charge on any atom is 0.328 e. The Morgan fingerprint density at radius 2 is 1.88 bits per heavy atom. The number of amides is 2. The highest BCUT2D eigenvalue weighted by molar-refractivity contribution is 5.96. The molecule has 2 atom stereocenters. The van der Waals surface area contributed by atoms with E-state index in [0.29, 0.717) is 6.42 Å². The molecular formula is C16H24N4O4. The molecule has 0 fully saturated rings. The van der Waals surface area contributed by atoms with Crippen LogP contribution in [-0.2, 0) is 14.3 Å². The van der Waals surface area contributed by atoms with Crippen molar-refractivity contribution < 1.29 is 19.1 Å². The lowest BCUT2D eigenvalue weighted by molar-refractivity contribution is -0.148. The Balaban J connectivity index is 2.82. The van der Waals surface area contributed by atoms with Gasteiger partial charge >= 0.3 is 5.97 Å². The molecule has 0 saturated heterocycles. The average Bonchev–Trinajstić information content (AvgIpc) is 2.56. The number of hydrogen-bond acceptors (Lipinski definition) is 6. The van der Waals surface area contributed by atoms with Gasteiger partial charge in [-0.1, -0.05) is 27.7 Å². The number of ether oxygens (including phenoxy) is 1. The Morgan fingerprint density at radius 1 is 1.21 bits per heavy atom. The Kier molecular flexibility index (Phi) is 6.82. The molecule has 1 aromatic heterocycles. The zero-order valence-electron chi connectivity index (χ0n) is 14.6. The van der Waals surface area contributed by atoms with Crippen LogP contribution in [0.25, 0.3) is 0 Å². The standard InChI is InChI=1S/C16H24N4O4/c1-6-10(19-14(22)11-9-17-7-8-18-11)13(21)20-12(15(23)24-5)16(2,3)4/h7-10,12H,6H2,1-5H3,(H,19,22)(H,20,21)/t10-,12+/m0/s1. The van der Waals surface area contributed by atoms with Gasteiger partial charge in [0.25, 0.3) is 5.91 Å². The minimum Gasteiger partial charge on any atom is -0.467 e. The van der Waals surface area contributed by atoms with Gasteiger partial charge in [0.05, 0.1) is 13.3 Å². The lowest BCUT2D eigenvalue weighted by Crippen LogP contribution is -2.55. The number of carbonyl (C=O) groups excluding carboxylic acids is 3.